The van der Waals surface area contributed by atoms with E-state index in [-0.39, 0.29) is 11.4 Å². The molecule has 0 aliphatic carbocycles. The Morgan fingerprint density at radius 1 is 1.15 bits per heavy atom. The quantitative estimate of drug-likeness (QED) is 0.331. The predicted molar refractivity (Wildman–Crippen MR) is 129 cm³/mol. The van der Waals surface area contributed by atoms with Gasteiger partial charge >= 0.3 is 0 Å². The maximum Gasteiger partial charge on any atom is 0.271 e. The fraction of sp³-hybridized carbons (Fsp3) is 0.0833. The number of halogens is 1. The first-order valence-electron chi connectivity index (χ1n) is 10.0. The van der Waals surface area contributed by atoms with E-state index in [1.165, 1.54) is 30.6 Å². The number of carbonyl (C=O) groups excluding carboxylic acids is 1. The molecule has 0 saturated heterocycles. The number of aliphatic hydroxyl groups is 2. The van der Waals surface area contributed by atoms with Crippen molar-refractivity contribution in [3.05, 3.63) is 95.3 Å². The Morgan fingerprint density at radius 3 is 2.67 bits per heavy atom. The van der Waals surface area contributed by atoms with Gasteiger partial charge in [0.05, 0.1) is 11.4 Å². The van der Waals surface area contributed by atoms with E-state index in [4.69, 9.17) is 11.6 Å². The van der Waals surface area contributed by atoms with Gasteiger partial charge in [0.2, 0.25) is 0 Å². The van der Waals surface area contributed by atoms with Crippen LogP contribution in [-0.2, 0) is 0 Å². The second-order valence-corrected chi connectivity index (χ2v) is 7.53. The molecule has 4 N–H and O–H groups in total. The average molecular weight is 462 g/mol. The highest BCUT2D eigenvalue weighted by atomic mass is 35.5. The second-order valence-electron chi connectivity index (χ2n) is 7.09. The molecule has 0 fully saturated rings. The van der Waals surface area contributed by atoms with Crippen molar-refractivity contribution >= 4 is 46.4 Å². The van der Waals surface area contributed by atoms with E-state index in [1.54, 1.807) is 24.3 Å². The molecule has 0 radical (unpaired) electrons. The molecule has 8 nitrogen and oxygen atoms in total. The smallest absolute Gasteiger partial charge is 0.271 e. The number of aromatic nitrogens is 1. The summed E-state index contributed by atoms with van der Waals surface area (Å²) in [5.74, 6) is -0.500. The number of nitrogens with one attached hydrogen (secondary N) is 2. The third-order valence-corrected chi connectivity index (χ3v) is 5.02. The minimum atomic E-state index is -1.28. The monoisotopic (exact) mass is 461 g/mol. The van der Waals surface area contributed by atoms with Crippen molar-refractivity contribution in [2.24, 2.45) is 10.1 Å². The van der Waals surface area contributed by atoms with Crippen LogP contribution in [0.25, 0.3) is 6.08 Å². The highest BCUT2D eigenvalue weighted by Crippen LogP contribution is 2.32. The molecule has 1 aliphatic heterocycles. The number of nitrogens with zero attached hydrogens (tertiary/aromatic N) is 3. The van der Waals surface area contributed by atoms with Gasteiger partial charge < -0.3 is 15.5 Å². The SMILES string of the molecule is O=C(N/N=C(\C1=Nc2ccc(Cl)cc2N[C@@H]1O)[C@@H](O)/C=C/c1ccccc1)c1ccncc1. The molecule has 1 aliphatic rings. The van der Waals surface area contributed by atoms with Crippen molar-refractivity contribution in [3.8, 4) is 0 Å². The number of hydrogen-bond donors (Lipinski definition) is 4. The molecule has 1 aromatic heterocycles. The zero-order chi connectivity index (χ0) is 23.2. The standard InChI is InChI=1S/C24H20ClN5O3/c25-17-7-8-18-19(14-17)28-24(33)22(27-18)21(20(31)9-6-15-4-2-1-3-5-15)29-30-23(32)16-10-12-26-13-11-16/h1-14,20,24,28,31,33H,(H,30,32)/b9-6+,29-21-/t20-,24+/m0/s1. The Bertz CT molecular complexity index is 1230. The van der Waals surface area contributed by atoms with Crippen molar-refractivity contribution < 1.29 is 15.0 Å². The lowest BCUT2D eigenvalue weighted by Crippen LogP contribution is -2.42. The highest BCUT2D eigenvalue weighted by Gasteiger charge is 2.28. The number of benzene rings is 2. The van der Waals surface area contributed by atoms with Crippen LogP contribution in [0.1, 0.15) is 15.9 Å². The lowest BCUT2D eigenvalue weighted by atomic mass is 10.0. The van der Waals surface area contributed by atoms with E-state index in [0.717, 1.165) is 5.56 Å². The van der Waals surface area contributed by atoms with Gasteiger partial charge in [0.15, 0.2) is 6.23 Å². The molecule has 4 rings (SSSR count). The van der Waals surface area contributed by atoms with Crippen molar-refractivity contribution in [1.82, 2.24) is 10.4 Å². The van der Waals surface area contributed by atoms with Gasteiger partial charge in [-0.05, 0) is 42.0 Å². The van der Waals surface area contributed by atoms with Crippen LogP contribution in [0.4, 0.5) is 11.4 Å². The molecule has 0 spiro atoms. The summed E-state index contributed by atoms with van der Waals surface area (Å²) in [7, 11) is 0. The summed E-state index contributed by atoms with van der Waals surface area (Å²) in [6, 6.07) is 17.4. The molecule has 2 aromatic carbocycles. The number of aliphatic hydroxyl groups excluding tert-OH is 2. The van der Waals surface area contributed by atoms with Crippen molar-refractivity contribution in [2.45, 2.75) is 12.3 Å². The van der Waals surface area contributed by atoms with Gasteiger partial charge in [0.25, 0.3) is 5.91 Å². The number of hydrazone groups is 1. The first kappa shape index (κ1) is 22.3. The Morgan fingerprint density at radius 2 is 1.91 bits per heavy atom. The molecular formula is C24H20ClN5O3. The maximum absolute atomic E-state index is 12.5. The molecular weight excluding hydrogens is 442 g/mol. The zero-order valence-corrected chi connectivity index (χ0v) is 18.0. The summed E-state index contributed by atoms with van der Waals surface area (Å²) in [4.78, 5) is 20.8. The van der Waals surface area contributed by atoms with Gasteiger partial charge in [-0.1, -0.05) is 48.0 Å². The number of amides is 1. The zero-order valence-electron chi connectivity index (χ0n) is 17.3. The Kier molecular flexibility index (Phi) is 6.89. The third kappa shape index (κ3) is 5.50. The number of hydrogen-bond acceptors (Lipinski definition) is 7. The summed E-state index contributed by atoms with van der Waals surface area (Å²) in [6.45, 7) is 0. The first-order valence-corrected chi connectivity index (χ1v) is 10.4. The lowest BCUT2D eigenvalue weighted by molar-refractivity contribution is 0.0954. The second kappa shape index (κ2) is 10.2. The predicted octanol–water partition coefficient (Wildman–Crippen LogP) is 3.41. The minimum Gasteiger partial charge on any atom is -0.383 e. The summed E-state index contributed by atoms with van der Waals surface area (Å²) in [5.41, 5.74) is 4.70. The van der Waals surface area contributed by atoms with Crippen LogP contribution >= 0.6 is 11.6 Å². The van der Waals surface area contributed by atoms with Crippen molar-refractivity contribution in [3.63, 3.8) is 0 Å². The van der Waals surface area contributed by atoms with Crippen molar-refractivity contribution in [1.29, 1.82) is 0 Å². The topological polar surface area (TPSA) is 119 Å². The summed E-state index contributed by atoms with van der Waals surface area (Å²) < 4.78 is 0. The molecule has 0 bridgehead atoms. The van der Waals surface area contributed by atoms with Crippen LogP contribution < -0.4 is 10.7 Å². The molecule has 0 unspecified atom stereocenters. The number of rotatable bonds is 6. The van der Waals surface area contributed by atoms with E-state index in [9.17, 15) is 15.0 Å². The summed E-state index contributed by atoms with van der Waals surface area (Å²) in [6.07, 6.45) is 3.62. The van der Waals surface area contributed by atoms with Crippen LogP contribution in [0.15, 0.2) is 89.2 Å². The molecule has 0 saturated carbocycles. The van der Waals surface area contributed by atoms with Crippen LogP contribution in [0.2, 0.25) is 5.02 Å². The van der Waals surface area contributed by atoms with Crippen LogP contribution in [0.3, 0.4) is 0 Å². The molecule has 2 atom stereocenters. The first-order chi connectivity index (χ1) is 16.0. The molecule has 9 heteroatoms. The number of carbonyl (C=O) groups is 1. The Balaban J connectivity index is 1.68. The van der Waals surface area contributed by atoms with E-state index < -0.39 is 18.2 Å². The molecule has 2 heterocycles. The number of fused-ring (bicyclic) bond motifs is 1. The highest BCUT2D eigenvalue weighted by molar-refractivity contribution is 6.47. The van der Waals surface area contributed by atoms with Gasteiger partial charge in [-0.15, -0.1) is 0 Å². The van der Waals surface area contributed by atoms with Crippen LogP contribution in [0, 0.1) is 0 Å². The van der Waals surface area contributed by atoms with Crippen LogP contribution in [-0.4, -0.2) is 44.9 Å². The summed E-state index contributed by atoms with van der Waals surface area (Å²) >= 11 is 6.02. The van der Waals surface area contributed by atoms with Gasteiger partial charge in [0.1, 0.15) is 17.5 Å². The number of aliphatic imine (C=N–C) groups is 1. The lowest BCUT2D eigenvalue weighted by Gasteiger charge is -2.25. The maximum atomic E-state index is 12.5. The number of anilines is 1. The molecule has 33 heavy (non-hydrogen) atoms. The normalized spacial score (nSPS) is 16.5. The van der Waals surface area contributed by atoms with Gasteiger partial charge in [-0.2, -0.15) is 5.10 Å². The van der Waals surface area contributed by atoms with E-state index in [1.807, 2.05) is 30.3 Å². The Labute approximate surface area is 195 Å². The van der Waals surface area contributed by atoms with Crippen LogP contribution in [0.5, 0.6) is 0 Å². The van der Waals surface area contributed by atoms with Gasteiger partial charge in [0, 0.05) is 23.0 Å². The molecule has 1 amide bonds. The summed E-state index contributed by atoms with van der Waals surface area (Å²) in [5, 5.41) is 29.0. The fourth-order valence-corrected chi connectivity index (χ4v) is 3.31. The minimum absolute atomic E-state index is 0.0230. The largest absolute Gasteiger partial charge is 0.383 e. The average Bonchev–Trinajstić information content (AvgIpc) is 2.84. The Hall–Kier alpha value is -3.85. The fourth-order valence-electron chi connectivity index (χ4n) is 3.14. The van der Waals surface area contributed by atoms with Crippen molar-refractivity contribution in [2.75, 3.05) is 5.32 Å². The molecule has 166 valence electrons. The van der Waals surface area contributed by atoms with E-state index in [0.29, 0.717) is 22.0 Å². The molecule has 3 aromatic rings. The van der Waals surface area contributed by atoms with Gasteiger partial charge in [-0.3, -0.25) is 9.78 Å². The number of pyridine rings is 1. The van der Waals surface area contributed by atoms with Gasteiger partial charge in [-0.25, -0.2) is 10.4 Å². The van der Waals surface area contributed by atoms with E-state index in [2.05, 4.69) is 25.8 Å². The third-order valence-electron chi connectivity index (χ3n) is 4.78. The van der Waals surface area contributed by atoms with E-state index >= 15 is 0 Å².